The van der Waals surface area contributed by atoms with Gasteiger partial charge in [0.05, 0.1) is 30.5 Å². The zero-order valence-corrected chi connectivity index (χ0v) is 27.4. The lowest BCUT2D eigenvalue weighted by Gasteiger charge is -2.66. The van der Waals surface area contributed by atoms with E-state index in [1.807, 2.05) is 0 Å². The summed E-state index contributed by atoms with van der Waals surface area (Å²) in [5.41, 5.74) is -7.47. The zero-order chi connectivity index (χ0) is 35.6. The van der Waals surface area contributed by atoms with Crippen LogP contribution in [0.25, 0.3) is 0 Å². The predicted octanol–water partition coefficient (Wildman–Crippen LogP) is 0.375. The van der Waals surface area contributed by atoms with Crippen LogP contribution in [0.15, 0.2) is 46.6 Å². The van der Waals surface area contributed by atoms with Crippen LogP contribution in [0.4, 0.5) is 4.79 Å². The number of nitrogens with one attached hydrogen (secondary N) is 1. The summed E-state index contributed by atoms with van der Waals surface area (Å²) in [5.74, 6) is -4.54. The molecule has 0 spiro atoms. The highest BCUT2D eigenvalue weighted by Crippen LogP contribution is 2.63. The molecule has 1 aromatic heterocycles. The minimum atomic E-state index is -2.25. The fraction of sp³-hybridized carbons (Fsp3) is 0.636. The second kappa shape index (κ2) is 12.4. The summed E-state index contributed by atoms with van der Waals surface area (Å²) in [6, 6.07) is 1.38. The van der Waals surface area contributed by atoms with Gasteiger partial charge in [0.2, 0.25) is 0 Å². The largest absolute Gasteiger partial charge is 0.467 e. The molecule has 48 heavy (non-hydrogen) atoms. The van der Waals surface area contributed by atoms with Crippen LogP contribution in [-0.2, 0) is 33.3 Å². The topological polar surface area (TPSA) is 232 Å². The number of rotatable bonds is 8. The number of hydrogen-bond donors (Lipinski definition) is 6. The normalized spacial score (nSPS) is 38.1. The van der Waals surface area contributed by atoms with Crippen LogP contribution in [0.1, 0.15) is 59.3 Å². The summed E-state index contributed by atoms with van der Waals surface area (Å²) in [6.07, 6.45) is -8.66. The van der Waals surface area contributed by atoms with Gasteiger partial charge in [0, 0.05) is 31.1 Å². The molecule has 1 amide bonds. The molecule has 1 saturated heterocycles. The Balaban J connectivity index is 1.59. The quantitative estimate of drug-likeness (QED) is 0.124. The van der Waals surface area contributed by atoms with Crippen molar-refractivity contribution in [3.8, 4) is 0 Å². The van der Waals surface area contributed by atoms with E-state index in [2.05, 4.69) is 11.9 Å². The van der Waals surface area contributed by atoms with E-state index >= 15 is 0 Å². The average molecular weight is 678 g/mol. The highest BCUT2D eigenvalue weighted by Gasteiger charge is 2.76. The number of ether oxygens (including phenoxy) is 4. The first-order chi connectivity index (χ1) is 22.4. The lowest BCUT2D eigenvalue weighted by Crippen LogP contribution is -2.81. The van der Waals surface area contributed by atoms with Gasteiger partial charge in [0.25, 0.3) is 0 Å². The SMILES string of the molecule is C=CCOC(=O)N[C@@H](c1ccco1)[C@@H](O)C(=O)O[C@H]1C[C@@]2(O)[C@@H](OC(C)=O)[C@@H]3[C@]4(O)CO[C@@H]4C[C@H](O)[C@@]3(C)C(=O)[C@H](O)C(=C1C)C2(C)C. The van der Waals surface area contributed by atoms with Gasteiger partial charge in [0.15, 0.2) is 11.9 Å². The van der Waals surface area contributed by atoms with Gasteiger partial charge in [-0.05, 0) is 37.1 Å². The number of carbonyl (C=O) groups is 4. The molecule has 2 saturated carbocycles. The monoisotopic (exact) mass is 677 g/mol. The third-order valence-electron chi connectivity index (χ3n) is 10.9. The number of furan rings is 1. The van der Waals surface area contributed by atoms with Crippen LogP contribution in [0.5, 0.6) is 0 Å². The van der Waals surface area contributed by atoms with E-state index in [1.165, 1.54) is 52.2 Å². The Morgan fingerprint density at radius 2 is 1.88 bits per heavy atom. The number of aliphatic hydroxyl groups is 5. The molecule has 3 fully saturated rings. The van der Waals surface area contributed by atoms with Crippen LogP contribution < -0.4 is 5.32 Å². The minimum absolute atomic E-state index is 0.0183. The molecule has 0 unspecified atom stereocenters. The number of esters is 2. The molecule has 4 aliphatic rings. The fourth-order valence-electron chi connectivity index (χ4n) is 8.22. The van der Waals surface area contributed by atoms with E-state index in [-0.39, 0.29) is 36.5 Å². The second-order valence-electron chi connectivity index (χ2n) is 13.8. The minimum Gasteiger partial charge on any atom is -0.467 e. The van der Waals surface area contributed by atoms with Crippen LogP contribution in [0.2, 0.25) is 0 Å². The lowest BCUT2D eigenvalue weighted by molar-refractivity contribution is -0.345. The third-order valence-corrected chi connectivity index (χ3v) is 10.9. The van der Waals surface area contributed by atoms with Crippen molar-refractivity contribution in [2.45, 2.75) is 101 Å². The number of aliphatic hydroxyl groups excluding tert-OH is 3. The summed E-state index contributed by atoms with van der Waals surface area (Å²) < 4.78 is 27.3. The first-order valence-electron chi connectivity index (χ1n) is 15.7. The Bertz CT molecular complexity index is 1500. The molecule has 15 nitrogen and oxygen atoms in total. The molecule has 1 aliphatic heterocycles. The zero-order valence-electron chi connectivity index (χ0n) is 27.4. The van der Waals surface area contributed by atoms with Crippen molar-refractivity contribution in [2.75, 3.05) is 13.2 Å². The number of alkyl carbamates (subject to hydrolysis) is 1. The molecule has 1 aromatic rings. The Labute approximate surface area is 276 Å². The number of Topliss-reactive ketones (excluding diaryl/α,β-unsaturated/α-hetero) is 1. The molecule has 11 atom stereocenters. The van der Waals surface area contributed by atoms with Crippen molar-refractivity contribution in [3.05, 3.63) is 48.0 Å². The molecule has 264 valence electrons. The van der Waals surface area contributed by atoms with Crippen molar-refractivity contribution in [2.24, 2.45) is 16.7 Å². The molecule has 2 bridgehead atoms. The van der Waals surface area contributed by atoms with Crippen LogP contribution >= 0.6 is 0 Å². The first-order valence-corrected chi connectivity index (χ1v) is 15.7. The van der Waals surface area contributed by atoms with E-state index in [4.69, 9.17) is 23.4 Å². The maximum atomic E-state index is 14.4. The molecule has 0 radical (unpaired) electrons. The Hall–Kier alpha value is -3.60. The van der Waals surface area contributed by atoms with E-state index < -0.39 is 101 Å². The van der Waals surface area contributed by atoms with Gasteiger partial charge in [-0.3, -0.25) is 9.59 Å². The molecular weight excluding hydrogens is 634 g/mol. The standard InChI is InChI=1S/C33H43NO14/c1-7-10-45-29(41)34-22(17-9-8-11-44-17)24(38)28(40)48-18-13-33(43)27(47-16(3)35)25-31(6,19(36)12-20-32(25,42)14-46-20)26(39)23(37)21(15(18)2)30(33,4)5/h7-9,11,18-20,22-25,27,36-38,42-43H,1,10,12-14H2,2-6H3,(H,34,41)/t18-,19-,20+,22-,23+,24+,25-,27-,31+,32-,33+/m0/s1. The number of amides is 1. The molecule has 5 rings (SSSR count). The highest BCUT2D eigenvalue weighted by molar-refractivity contribution is 5.93. The van der Waals surface area contributed by atoms with Crippen molar-refractivity contribution >= 4 is 23.8 Å². The number of hydrogen-bond acceptors (Lipinski definition) is 14. The second-order valence-corrected chi connectivity index (χ2v) is 13.8. The fourth-order valence-corrected chi connectivity index (χ4v) is 8.22. The lowest BCUT2D eigenvalue weighted by atomic mass is 9.45. The molecular formula is C33H43NO14. The molecule has 3 aliphatic carbocycles. The number of carbonyl (C=O) groups excluding carboxylic acids is 4. The number of fused-ring (bicyclic) bond motifs is 5. The summed E-state index contributed by atoms with van der Waals surface area (Å²) in [7, 11) is 0. The van der Waals surface area contributed by atoms with E-state index in [1.54, 1.807) is 0 Å². The van der Waals surface area contributed by atoms with Gasteiger partial charge < -0.3 is 54.2 Å². The maximum absolute atomic E-state index is 14.4. The van der Waals surface area contributed by atoms with Crippen molar-refractivity contribution < 1.29 is 68.1 Å². The first kappa shape index (κ1) is 35.7. The van der Waals surface area contributed by atoms with Crippen LogP contribution in [0, 0.1) is 16.7 Å². The molecule has 2 heterocycles. The van der Waals surface area contributed by atoms with E-state index in [0.29, 0.717) is 0 Å². The van der Waals surface area contributed by atoms with Gasteiger partial charge >= 0.3 is 18.0 Å². The summed E-state index contributed by atoms with van der Waals surface area (Å²) >= 11 is 0. The van der Waals surface area contributed by atoms with Crippen molar-refractivity contribution in [1.29, 1.82) is 0 Å². The van der Waals surface area contributed by atoms with E-state index in [0.717, 1.165) is 6.92 Å². The smallest absolute Gasteiger partial charge is 0.408 e. The van der Waals surface area contributed by atoms with Gasteiger partial charge in [-0.25, -0.2) is 9.59 Å². The van der Waals surface area contributed by atoms with Gasteiger partial charge in [-0.1, -0.05) is 26.5 Å². The Kier molecular flexibility index (Phi) is 9.20. The Morgan fingerprint density at radius 1 is 1.19 bits per heavy atom. The molecule has 15 heteroatoms. The van der Waals surface area contributed by atoms with Gasteiger partial charge in [0.1, 0.15) is 47.9 Å². The van der Waals surface area contributed by atoms with Crippen molar-refractivity contribution in [3.63, 3.8) is 0 Å². The van der Waals surface area contributed by atoms with Crippen molar-refractivity contribution in [1.82, 2.24) is 5.32 Å². The summed E-state index contributed by atoms with van der Waals surface area (Å²) in [4.78, 5) is 53.0. The van der Waals surface area contributed by atoms with E-state index in [9.17, 15) is 44.7 Å². The highest BCUT2D eigenvalue weighted by atomic mass is 16.6. The molecule has 6 N–H and O–H groups in total. The predicted molar refractivity (Wildman–Crippen MR) is 162 cm³/mol. The maximum Gasteiger partial charge on any atom is 0.408 e. The Morgan fingerprint density at radius 3 is 2.44 bits per heavy atom. The van der Waals surface area contributed by atoms with Gasteiger partial charge in [-0.15, -0.1) is 0 Å². The van der Waals surface area contributed by atoms with Crippen LogP contribution in [0.3, 0.4) is 0 Å². The third kappa shape index (κ3) is 5.27. The van der Waals surface area contributed by atoms with Gasteiger partial charge in [-0.2, -0.15) is 0 Å². The average Bonchev–Trinajstić information content (AvgIpc) is 3.55. The summed E-state index contributed by atoms with van der Waals surface area (Å²) in [5, 5.41) is 61.4. The number of ketones is 1. The summed E-state index contributed by atoms with van der Waals surface area (Å²) in [6.45, 7) is 9.97. The van der Waals surface area contributed by atoms with Crippen LogP contribution in [-0.4, -0.2) is 110 Å². The molecule has 0 aromatic carbocycles.